The Kier molecular flexibility index (Phi) is 4.61. The molecule has 0 amide bonds. The highest BCUT2D eigenvalue weighted by Crippen LogP contribution is 2.34. The predicted octanol–water partition coefficient (Wildman–Crippen LogP) is 6.44. The third-order valence-corrected chi connectivity index (χ3v) is 5.23. The number of halogens is 4. The van der Waals surface area contributed by atoms with E-state index in [4.69, 9.17) is 0 Å². The summed E-state index contributed by atoms with van der Waals surface area (Å²) in [5.41, 5.74) is 1.60. The zero-order valence-electron chi connectivity index (χ0n) is 13.6. The Hall–Kier alpha value is -2.45. The summed E-state index contributed by atoms with van der Waals surface area (Å²) in [6.07, 6.45) is -4.53. The Morgan fingerprint density at radius 3 is 2.30 bits per heavy atom. The highest BCUT2D eigenvalue weighted by Gasteiger charge is 2.35. The Morgan fingerprint density at radius 2 is 1.63 bits per heavy atom. The van der Waals surface area contributed by atoms with Crippen LogP contribution in [0.15, 0.2) is 70.5 Å². The van der Waals surface area contributed by atoms with Crippen molar-refractivity contribution >= 4 is 27.3 Å². The van der Waals surface area contributed by atoms with E-state index in [0.717, 1.165) is 16.1 Å². The summed E-state index contributed by atoms with van der Waals surface area (Å²) in [5, 5.41) is 5.97. The molecule has 2 aromatic carbocycles. The van der Waals surface area contributed by atoms with Crippen molar-refractivity contribution in [2.45, 2.75) is 6.18 Å². The molecule has 2 heterocycles. The first-order valence-electron chi connectivity index (χ1n) is 7.86. The second-order valence-electron chi connectivity index (χ2n) is 5.71. The monoisotopic (exact) mass is 449 g/mol. The van der Waals surface area contributed by atoms with Crippen LogP contribution < -0.4 is 0 Å². The lowest BCUT2D eigenvalue weighted by molar-refractivity contribution is -0.141. The van der Waals surface area contributed by atoms with Gasteiger partial charge < -0.3 is 0 Å². The van der Waals surface area contributed by atoms with E-state index in [-0.39, 0.29) is 0 Å². The molecule has 8 heteroatoms. The molecule has 0 bridgehead atoms. The maximum atomic E-state index is 13.2. The van der Waals surface area contributed by atoms with Gasteiger partial charge in [0, 0.05) is 21.0 Å². The number of alkyl halides is 3. The van der Waals surface area contributed by atoms with Crippen LogP contribution in [-0.4, -0.2) is 14.8 Å². The van der Waals surface area contributed by atoms with E-state index in [1.165, 1.54) is 16.0 Å². The number of aromatic nitrogens is 3. The Bertz CT molecular complexity index is 1070. The quantitative estimate of drug-likeness (QED) is 0.360. The van der Waals surface area contributed by atoms with Crippen LogP contribution in [0.4, 0.5) is 13.2 Å². The van der Waals surface area contributed by atoms with Crippen LogP contribution in [0.1, 0.15) is 5.69 Å². The van der Waals surface area contributed by atoms with Crippen molar-refractivity contribution in [1.29, 1.82) is 0 Å². The van der Waals surface area contributed by atoms with Crippen molar-refractivity contribution in [3.63, 3.8) is 0 Å². The molecule has 0 aliphatic carbocycles. The summed E-state index contributed by atoms with van der Waals surface area (Å²) in [5.74, 6) is 0. The fraction of sp³-hybridized carbons (Fsp3) is 0.0526. The van der Waals surface area contributed by atoms with Crippen LogP contribution in [0, 0.1) is 0 Å². The fourth-order valence-electron chi connectivity index (χ4n) is 2.59. The third kappa shape index (κ3) is 3.68. The van der Waals surface area contributed by atoms with Gasteiger partial charge in [-0.2, -0.15) is 18.3 Å². The number of benzene rings is 2. The Labute approximate surface area is 165 Å². The lowest BCUT2D eigenvalue weighted by Crippen LogP contribution is -2.07. The van der Waals surface area contributed by atoms with Gasteiger partial charge in [-0.25, -0.2) is 9.67 Å². The third-order valence-electron chi connectivity index (χ3n) is 3.88. The zero-order valence-corrected chi connectivity index (χ0v) is 16.0. The van der Waals surface area contributed by atoms with Gasteiger partial charge in [-0.1, -0.05) is 58.4 Å². The largest absolute Gasteiger partial charge is 0.435 e. The van der Waals surface area contributed by atoms with Gasteiger partial charge in [0.05, 0.1) is 11.4 Å². The van der Waals surface area contributed by atoms with Gasteiger partial charge in [-0.05, 0) is 18.2 Å². The van der Waals surface area contributed by atoms with E-state index in [2.05, 4.69) is 26.0 Å². The first-order valence-corrected chi connectivity index (χ1v) is 9.53. The zero-order chi connectivity index (χ0) is 19.0. The van der Waals surface area contributed by atoms with Gasteiger partial charge >= 0.3 is 6.18 Å². The lowest BCUT2D eigenvalue weighted by Gasteiger charge is -2.04. The van der Waals surface area contributed by atoms with Gasteiger partial charge in [0.1, 0.15) is 0 Å². The average molecular weight is 450 g/mol. The molecule has 0 atom stereocenters. The summed E-state index contributed by atoms with van der Waals surface area (Å²) in [6.45, 7) is 0. The number of hydrogen-bond acceptors (Lipinski definition) is 3. The maximum absolute atomic E-state index is 13.2. The molecular weight excluding hydrogens is 439 g/mol. The molecule has 0 spiro atoms. The van der Waals surface area contributed by atoms with Crippen molar-refractivity contribution in [3.8, 4) is 27.6 Å². The molecule has 4 rings (SSSR count). The van der Waals surface area contributed by atoms with Crippen molar-refractivity contribution in [2.75, 3.05) is 0 Å². The maximum Gasteiger partial charge on any atom is 0.435 e. The minimum Gasteiger partial charge on any atom is -0.218 e. The molecule has 4 aromatic rings. The molecule has 0 unspecified atom stereocenters. The van der Waals surface area contributed by atoms with Crippen LogP contribution in [0.3, 0.4) is 0 Å². The Balaban J connectivity index is 1.83. The van der Waals surface area contributed by atoms with Crippen LogP contribution in [0.25, 0.3) is 27.6 Å². The molecule has 27 heavy (non-hydrogen) atoms. The molecule has 136 valence electrons. The average Bonchev–Trinajstić information content (AvgIpc) is 3.30. The normalized spacial score (nSPS) is 11.7. The summed E-state index contributed by atoms with van der Waals surface area (Å²) >= 11 is 4.58. The van der Waals surface area contributed by atoms with Crippen LogP contribution in [0.2, 0.25) is 0 Å². The minimum absolute atomic E-state index is 0.337. The van der Waals surface area contributed by atoms with Crippen molar-refractivity contribution in [1.82, 2.24) is 14.8 Å². The summed E-state index contributed by atoms with van der Waals surface area (Å²) in [6, 6.07) is 17.5. The topological polar surface area (TPSA) is 30.7 Å². The van der Waals surface area contributed by atoms with Crippen LogP contribution in [0.5, 0.6) is 0 Å². The molecular formula is C19H11BrF3N3S. The molecule has 0 radical (unpaired) electrons. The molecule has 0 saturated carbocycles. The molecule has 0 fully saturated rings. The van der Waals surface area contributed by atoms with Crippen molar-refractivity contribution in [3.05, 3.63) is 76.2 Å². The van der Waals surface area contributed by atoms with Crippen molar-refractivity contribution < 1.29 is 13.2 Å². The highest BCUT2D eigenvalue weighted by atomic mass is 79.9. The number of nitrogens with zero attached hydrogens (tertiary/aromatic N) is 3. The van der Waals surface area contributed by atoms with Crippen molar-refractivity contribution in [2.24, 2.45) is 0 Å². The molecule has 2 aromatic heterocycles. The van der Waals surface area contributed by atoms with Gasteiger partial charge in [-0.3, -0.25) is 0 Å². The summed E-state index contributed by atoms with van der Waals surface area (Å²) in [7, 11) is 0. The first kappa shape index (κ1) is 17.9. The van der Waals surface area contributed by atoms with E-state index < -0.39 is 11.9 Å². The van der Waals surface area contributed by atoms with E-state index in [1.54, 1.807) is 24.3 Å². The number of thiazole rings is 1. The smallest absolute Gasteiger partial charge is 0.218 e. The molecule has 0 aliphatic rings. The highest BCUT2D eigenvalue weighted by molar-refractivity contribution is 9.10. The van der Waals surface area contributed by atoms with E-state index >= 15 is 0 Å². The van der Waals surface area contributed by atoms with Crippen LogP contribution >= 0.6 is 27.3 Å². The van der Waals surface area contributed by atoms with Gasteiger partial charge in [-0.15, -0.1) is 11.3 Å². The summed E-state index contributed by atoms with van der Waals surface area (Å²) < 4.78 is 41.8. The van der Waals surface area contributed by atoms with E-state index in [1.807, 2.05) is 35.7 Å². The SMILES string of the molecule is FC(F)(F)c1cc(-c2ccc(Br)cc2)n(-c2nc(-c3ccccc3)cs2)n1. The summed E-state index contributed by atoms with van der Waals surface area (Å²) in [4.78, 5) is 4.49. The standard InChI is InChI=1S/C19H11BrF3N3S/c20-14-8-6-13(7-9-14)16-10-17(19(21,22)23)25-26(16)18-24-15(11-27-18)12-4-2-1-3-5-12/h1-11H. The first-order chi connectivity index (χ1) is 12.9. The van der Waals surface area contributed by atoms with Gasteiger partial charge in [0.25, 0.3) is 0 Å². The fourth-order valence-corrected chi connectivity index (χ4v) is 3.66. The second kappa shape index (κ2) is 6.94. The van der Waals surface area contributed by atoms with E-state index in [0.29, 0.717) is 22.1 Å². The predicted molar refractivity (Wildman–Crippen MR) is 103 cm³/mol. The lowest BCUT2D eigenvalue weighted by atomic mass is 10.1. The van der Waals surface area contributed by atoms with Crippen LogP contribution in [-0.2, 0) is 6.18 Å². The minimum atomic E-state index is -4.53. The second-order valence-corrected chi connectivity index (χ2v) is 7.46. The Morgan fingerprint density at radius 1 is 0.926 bits per heavy atom. The number of hydrogen-bond donors (Lipinski definition) is 0. The molecule has 0 saturated heterocycles. The number of rotatable bonds is 3. The van der Waals surface area contributed by atoms with Gasteiger partial charge in [0.2, 0.25) is 5.13 Å². The molecule has 3 nitrogen and oxygen atoms in total. The van der Waals surface area contributed by atoms with Gasteiger partial charge in [0.15, 0.2) is 5.69 Å². The molecule has 0 N–H and O–H groups in total. The molecule has 0 aliphatic heterocycles. The van der Waals surface area contributed by atoms with E-state index in [9.17, 15) is 13.2 Å².